The van der Waals surface area contributed by atoms with Gasteiger partial charge in [0.25, 0.3) is 0 Å². The highest BCUT2D eigenvalue weighted by molar-refractivity contribution is 9.10. The molecular weight excluding hydrogens is 305 g/mol. The smallest absolute Gasteiger partial charge is 0.320 e. The summed E-state index contributed by atoms with van der Waals surface area (Å²) in [5.74, 6) is -0.808. The van der Waals surface area contributed by atoms with E-state index in [9.17, 15) is 4.79 Å². The van der Waals surface area contributed by atoms with E-state index in [-0.39, 0.29) is 0 Å². The van der Waals surface area contributed by atoms with Gasteiger partial charge in [-0.25, -0.2) is 0 Å². The SMILES string of the molecule is CCCC(NCc1ccc(Cl)cc1Br)C(=O)O. The second-order valence-corrected chi connectivity index (χ2v) is 5.09. The summed E-state index contributed by atoms with van der Waals surface area (Å²) in [5.41, 5.74) is 0.997. The van der Waals surface area contributed by atoms with Crippen LogP contribution in [0.3, 0.4) is 0 Å². The van der Waals surface area contributed by atoms with Gasteiger partial charge >= 0.3 is 5.97 Å². The van der Waals surface area contributed by atoms with Gasteiger partial charge in [0.1, 0.15) is 6.04 Å². The molecule has 0 aliphatic rings. The molecule has 1 atom stereocenters. The molecule has 0 saturated heterocycles. The van der Waals surface area contributed by atoms with Crippen LogP contribution < -0.4 is 5.32 Å². The number of carboxylic acid groups (broad SMARTS) is 1. The van der Waals surface area contributed by atoms with Gasteiger partial charge in [0.15, 0.2) is 0 Å². The molecule has 17 heavy (non-hydrogen) atoms. The van der Waals surface area contributed by atoms with Crippen molar-refractivity contribution in [1.82, 2.24) is 5.32 Å². The minimum absolute atomic E-state index is 0.498. The van der Waals surface area contributed by atoms with Crippen molar-refractivity contribution in [2.45, 2.75) is 32.4 Å². The topological polar surface area (TPSA) is 49.3 Å². The number of rotatable bonds is 6. The monoisotopic (exact) mass is 319 g/mol. The first-order chi connectivity index (χ1) is 8.04. The molecule has 94 valence electrons. The average Bonchev–Trinajstić information content (AvgIpc) is 2.25. The number of hydrogen-bond acceptors (Lipinski definition) is 2. The van der Waals surface area contributed by atoms with E-state index in [2.05, 4.69) is 21.2 Å². The molecule has 0 aromatic heterocycles. The molecule has 0 aliphatic carbocycles. The molecule has 1 aromatic carbocycles. The molecule has 0 saturated carbocycles. The van der Waals surface area contributed by atoms with Crippen LogP contribution in [0.1, 0.15) is 25.3 Å². The maximum atomic E-state index is 11.0. The Bertz CT molecular complexity index is 398. The summed E-state index contributed by atoms with van der Waals surface area (Å²) in [7, 11) is 0. The van der Waals surface area contributed by atoms with Gasteiger partial charge in [-0.15, -0.1) is 0 Å². The number of nitrogens with one attached hydrogen (secondary N) is 1. The van der Waals surface area contributed by atoms with Crippen molar-refractivity contribution in [2.75, 3.05) is 0 Å². The van der Waals surface area contributed by atoms with E-state index in [0.29, 0.717) is 18.0 Å². The Balaban J connectivity index is 2.62. The molecule has 0 amide bonds. The van der Waals surface area contributed by atoms with Crippen molar-refractivity contribution >= 4 is 33.5 Å². The summed E-state index contributed by atoms with van der Waals surface area (Å²) in [4.78, 5) is 11.0. The van der Waals surface area contributed by atoms with Gasteiger partial charge in [-0.1, -0.05) is 46.9 Å². The van der Waals surface area contributed by atoms with Crippen molar-refractivity contribution in [1.29, 1.82) is 0 Å². The number of halogens is 2. The fraction of sp³-hybridized carbons (Fsp3) is 0.417. The number of aliphatic carboxylic acids is 1. The molecule has 3 nitrogen and oxygen atoms in total. The van der Waals surface area contributed by atoms with E-state index in [1.54, 1.807) is 12.1 Å². The van der Waals surface area contributed by atoms with Gasteiger partial charge in [-0.2, -0.15) is 0 Å². The molecule has 0 heterocycles. The highest BCUT2D eigenvalue weighted by Crippen LogP contribution is 2.21. The molecule has 5 heteroatoms. The maximum Gasteiger partial charge on any atom is 0.320 e. The van der Waals surface area contributed by atoms with Gasteiger partial charge in [-0.3, -0.25) is 4.79 Å². The Morgan fingerprint density at radius 3 is 2.82 bits per heavy atom. The third kappa shape index (κ3) is 4.66. The van der Waals surface area contributed by atoms with Crippen molar-refractivity contribution in [3.8, 4) is 0 Å². The van der Waals surface area contributed by atoms with Crippen LogP contribution in [-0.4, -0.2) is 17.1 Å². The zero-order valence-electron chi connectivity index (χ0n) is 9.54. The summed E-state index contributed by atoms with van der Waals surface area (Å²) in [5, 5.41) is 12.7. The number of carboxylic acids is 1. The Morgan fingerprint density at radius 1 is 1.59 bits per heavy atom. The molecule has 0 radical (unpaired) electrons. The van der Waals surface area contributed by atoms with Crippen LogP contribution in [0.15, 0.2) is 22.7 Å². The Morgan fingerprint density at radius 2 is 2.29 bits per heavy atom. The lowest BCUT2D eigenvalue weighted by Gasteiger charge is -2.14. The Hall–Kier alpha value is -0.580. The van der Waals surface area contributed by atoms with Crippen LogP contribution >= 0.6 is 27.5 Å². The molecule has 1 rings (SSSR count). The van der Waals surface area contributed by atoms with Gasteiger partial charge in [0.05, 0.1) is 0 Å². The van der Waals surface area contributed by atoms with Gasteiger partial charge in [0, 0.05) is 16.0 Å². The van der Waals surface area contributed by atoms with Crippen molar-refractivity contribution < 1.29 is 9.90 Å². The number of hydrogen-bond donors (Lipinski definition) is 2. The van der Waals surface area contributed by atoms with E-state index < -0.39 is 12.0 Å². The number of carbonyl (C=O) groups is 1. The lowest BCUT2D eigenvalue weighted by Crippen LogP contribution is -2.36. The highest BCUT2D eigenvalue weighted by Gasteiger charge is 2.15. The normalized spacial score (nSPS) is 12.4. The van der Waals surface area contributed by atoms with Crippen LogP contribution in [0, 0.1) is 0 Å². The second-order valence-electron chi connectivity index (χ2n) is 3.80. The van der Waals surface area contributed by atoms with Crippen LogP contribution in [-0.2, 0) is 11.3 Å². The van der Waals surface area contributed by atoms with Crippen LogP contribution in [0.2, 0.25) is 5.02 Å². The fourth-order valence-electron chi connectivity index (χ4n) is 1.50. The summed E-state index contributed by atoms with van der Waals surface area (Å²) in [6, 6.07) is 4.97. The first kappa shape index (κ1) is 14.5. The molecule has 0 spiro atoms. The minimum atomic E-state index is -0.808. The van der Waals surface area contributed by atoms with Crippen LogP contribution in [0.25, 0.3) is 0 Å². The van der Waals surface area contributed by atoms with Gasteiger partial charge in [-0.05, 0) is 24.1 Å². The Labute approximate surface area is 114 Å². The predicted octanol–water partition coefficient (Wildman–Crippen LogP) is 3.45. The van der Waals surface area contributed by atoms with Crippen molar-refractivity contribution in [2.24, 2.45) is 0 Å². The molecule has 2 N–H and O–H groups in total. The minimum Gasteiger partial charge on any atom is -0.480 e. The lowest BCUT2D eigenvalue weighted by molar-refractivity contribution is -0.139. The van der Waals surface area contributed by atoms with E-state index >= 15 is 0 Å². The summed E-state index contributed by atoms with van der Waals surface area (Å²) >= 11 is 9.24. The molecule has 0 bridgehead atoms. The highest BCUT2D eigenvalue weighted by atomic mass is 79.9. The molecule has 0 aliphatic heterocycles. The van der Waals surface area contributed by atoms with E-state index in [1.165, 1.54) is 0 Å². The predicted molar refractivity (Wildman–Crippen MR) is 72.3 cm³/mol. The zero-order valence-corrected chi connectivity index (χ0v) is 11.9. The summed E-state index contributed by atoms with van der Waals surface area (Å²) in [6.07, 6.45) is 1.46. The molecule has 1 aromatic rings. The van der Waals surface area contributed by atoms with E-state index in [0.717, 1.165) is 16.5 Å². The first-order valence-corrected chi connectivity index (χ1v) is 6.61. The average molecular weight is 321 g/mol. The van der Waals surface area contributed by atoms with Crippen molar-refractivity contribution in [3.63, 3.8) is 0 Å². The second kappa shape index (κ2) is 6.99. The van der Waals surface area contributed by atoms with Crippen LogP contribution in [0.4, 0.5) is 0 Å². The molecule has 0 fully saturated rings. The third-order valence-corrected chi connectivity index (χ3v) is 3.40. The lowest BCUT2D eigenvalue weighted by atomic mass is 10.1. The largest absolute Gasteiger partial charge is 0.480 e. The summed E-state index contributed by atoms with van der Waals surface area (Å²) in [6.45, 7) is 2.48. The fourth-order valence-corrected chi connectivity index (χ4v) is 2.32. The van der Waals surface area contributed by atoms with E-state index in [4.69, 9.17) is 16.7 Å². The van der Waals surface area contributed by atoms with Crippen molar-refractivity contribution in [3.05, 3.63) is 33.3 Å². The van der Waals surface area contributed by atoms with Crippen LogP contribution in [0.5, 0.6) is 0 Å². The first-order valence-electron chi connectivity index (χ1n) is 5.44. The van der Waals surface area contributed by atoms with Gasteiger partial charge in [0.2, 0.25) is 0 Å². The molecular formula is C12H15BrClNO2. The number of benzene rings is 1. The standard InChI is InChI=1S/C12H15BrClNO2/c1-2-3-11(12(16)17)15-7-8-4-5-9(14)6-10(8)13/h4-6,11,15H,2-3,7H2,1H3,(H,16,17). The summed E-state index contributed by atoms with van der Waals surface area (Å²) < 4.78 is 0.887. The quantitative estimate of drug-likeness (QED) is 0.844. The maximum absolute atomic E-state index is 11.0. The third-order valence-electron chi connectivity index (χ3n) is 2.43. The molecule has 1 unspecified atom stereocenters. The van der Waals surface area contributed by atoms with E-state index in [1.807, 2.05) is 13.0 Å². The Kier molecular flexibility index (Phi) is 5.95. The van der Waals surface area contributed by atoms with Gasteiger partial charge < -0.3 is 10.4 Å². The zero-order chi connectivity index (χ0) is 12.8.